The molecule has 0 aliphatic rings. The molecule has 0 saturated heterocycles. The lowest BCUT2D eigenvalue weighted by Gasteiger charge is -2.03. The Morgan fingerprint density at radius 2 is 2.19 bits per heavy atom. The van der Waals surface area contributed by atoms with Crippen LogP contribution in [0.4, 0.5) is 0 Å². The van der Waals surface area contributed by atoms with Crippen LogP contribution in [0.3, 0.4) is 0 Å². The summed E-state index contributed by atoms with van der Waals surface area (Å²) >= 11 is 0. The first kappa shape index (κ1) is 12.7. The summed E-state index contributed by atoms with van der Waals surface area (Å²) in [4.78, 5) is 11.2. The second kappa shape index (κ2) is 7.03. The molecule has 0 aliphatic carbocycles. The van der Waals surface area contributed by atoms with Crippen LogP contribution in [0.5, 0.6) is 0 Å². The number of nitrogens with one attached hydrogen (secondary N) is 2. The van der Waals surface area contributed by atoms with Crippen LogP contribution in [-0.4, -0.2) is 24.1 Å². The highest BCUT2D eigenvalue weighted by molar-refractivity contribution is 5.77. The Kier molecular flexibility index (Phi) is 5.60. The van der Waals surface area contributed by atoms with Crippen LogP contribution in [0.1, 0.15) is 24.9 Å². The molecular weight excluding hydrogens is 208 g/mol. The van der Waals surface area contributed by atoms with Gasteiger partial charge < -0.3 is 20.2 Å². The second-order valence-electron chi connectivity index (χ2n) is 3.48. The first-order valence-electron chi connectivity index (χ1n) is 5.42. The Balaban J connectivity index is 2.17. The molecule has 0 unspecified atom stereocenters. The summed E-state index contributed by atoms with van der Waals surface area (Å²) in [7, 11) is 0. The van der Waals surface area contributed by atoms with Crippen molar-refractivity contribution in [2.45, 2.75) is 26.5 Å². The van der Waals surface area contributed by atoms with E-state index in [0.29, 0.717) is 24.6 Å². The predicted octanol–water partition coefficient (Wildman–Crippen LogP) is 0.388. The Labute approximate surface area is 94.8 Å². The molecule has 0 atom stereocenters. The first-order valence-corrected chi connectivity index (χ1v) is 5.42. The van der Waals surface area contributed by atoms with Gasteiger partial charge in [0.2, 0.25) is 5.91 Å². The summed E-state index contributed by atoms with van der Waals surface area (Å²) in [6.45, 7) is 3.37. The van der Waals surface area contributed by atoms with Crippen LogP contribution in [-0.2, 0) is 17.9 Å². The summed E-state index contributed by atoms with van der Waals surface area (Å²) in [6.07, 6.45) is 0.934. The van der Waals surface area contributed by atoms with Crippen molar-refractivity contribution in [2.75, 3.05) is 13.1 Å². The van der Waals surface area contributed by atoms with Gasteiger partial charge in [0.05, 0.1) is 13.1 Å². The number of amides is 1. The Morgan fingerprint density at radius 1 is 1.44 bits per heavy atom. The minimum Gasteiger partial charge on any atom is -0.462 e. The minimum absolute atomic E-state index is 0.0178. The van der Waals surface area contributed by atoms with Gasteiger partial charge in [-0.25, -0.2) is 0 Å². The van der Waals surface area contributed by atoms with Crippen LogP contribution >= 0.6 is 0 Å². The third kappa shape index (κ3) is 4.46. The van der Waals surface area contributed by atoms with Gasteiger partial charge in [0, 0.05) is 6.54 Å². The molecule has 0 radical (unpaired) electrons. The lowest BCUT2D eigenvalue weighted by atomic mass is 10.4. The van der Waals surface area contributed by atoms with E-state index in [0.717, 1.165) is 6.42 Å². The van der Waals surface area contributed by atoms with Gasteiger partial charge in [-0.15, -0.1) is 0 Å². The SMILES string of the molecule is CCCNC(=O)CNCc1ccc(CO)o1. The summed E-state index contributed by atoms with van der Waals surface area (Å²) < 4.78 is 5.25. The fraction of sp³-hybridized carbons (Fsp3) is 0.545. The maximum atomic E-state index is 11.2. The zero-order valence-electron chi connectivity index (χ0n) is 9.45. The fourth-order valence-corrected chi connectivity index (χ4v) is 1.23. The summed E-state index contributed by atoms with van der Waals surface area (Å²) in [5.41, 5.74) is 0. The molecule has 16 heavy (non-hydrogen) atoms. The van der Waals surface area contributed by atoms with Gasteiger partial charge in [0.25, 0.3) is 0 Å². The maximum Gasteiger partial charge on any atom is 0.233 e. The van der Waals surface area contributed by atoms with Crippen LogP contribution in [0.25, 0.3) is 0 Å². The smallest absolute Gasteiger partial charge is 0.233 e. The Hall–Kier alpha value is -1.33. The molecule has 1 aromatic rings. The van der Waals surface area contributed by atoms with E-state index < -0.39 is 0 Å². The fourth-order valence-electron chi connectivity index (χ4n) is 1.23. The predicted molar refractivity (Wildman–Crippen MR) is 59.6 cm³/mol. The number of furan rings is 1. The van der Waals surface area contributed by atoms with E-state index in [4.69, 9.17) is 9.52 Å². The molecule has 1 heterocycles. The zero-order valence-corrected chi connectivity index (χ0v) is 9.45. The highest BCUT2D eigenvalue weighted by Crippen LogP contribution is 2.06. The molecule has 0 saturated carbocycles. The Morgan fingerprint density at radius 3 is 2.81 bits per heavy atom. The van der Waals surface area contributed by atoms with Crippen molar-refractivity contribution in [1.29, 1.82) is 0 Å². The van der Waals surface area contributed by atoms with Crippen molar-refractivity contribution in [3.05, 3.63) is 23.7 Å². The number of aliphatic hydroxyl groups excluding tert-OH is 1. The standard InChI is InChI=1S/C11H18N2O3/c1-2-5-13-11(15)7-12-6-9-3-4-10(8-14)16-9/h3-4,12,14H,2,5-8H2,1H3,(H,13,15). The molecule has 5 heteroatoms. The summed E-state index contributed by atoms with van der Waals surface area (Å²) in [5.74, 6) is 1.23. The topological polar surface area (TPSA) is 74.5 Å². The molecular formula is C11H18N2O3. The number of rotatable bonds is 7. The maximum absolute atomic E-state index is 11.2. The van der Waals surface area contributed by atoms with Gasteiger partial charge in [-0.05, 0) is 18.6 Å². The van der Waals surface area contributed by atoms with E-state index in [1.165, 1.54) is 0 Å². The molecule has 0 fully saturated rings. The average molecular weight is 226 g/mol. The van der Waals surface area contributed by atoms with E-state index in [1.54, 1.807) is 12.1 Å². The quantitative estimate of drug-likeness (QED) is 0.628. The highest BCUT2D eigenvalue weighted by atomic mass is 16.4. The van der Waals surface area contributed by atoms with E-state index in [-0.39, 0.29) is 19.1 Å². The van der Waals surface area contributed by atoms with Gasteiger partial charge in [-0.1, -0.05) is 6.92 Å². The number of aliphatic hydroxyl groups is 1. The van der Waals surface area contributed by atoms with Crippen molar-refractivity contribution < 1.29 is 14.3 Å². The zero-order chi connectivity index (χ0) is 11.8. The highest BCUT2D eigenvalue weighted by Gasteiger charge is 2.02. The molecule has 1 amide bonds. The molecule has 1 aromatic heterocycles. The van der Waals surface area contributed by atoms with Crippen LogP contribution in [0.2, 0.25) is 0 Å². The molecule has 3 N–H and O–H groups in total. The lowest BCUT2D eigenvalue weighted by Crippen LogP contribution is -2.33. The molecule has 0 spiro atoms. The minimum atomic E-state index is -0.100. The molecule has 5 nitrogen and oxygen atoms in total. The van der Waals surface area contributed by atoms with Crippen LogP contribution in [0.15, 0.2) is 16.5 Å². The van der Waals surface area contributed by atoms with Gasteiger partial charge in [0.15, 0.2) is 0 Å². The van der Waals surface area contributed by atoms with Crippen molar-refractivity contribution in [3.63, 3.8) is 0 Å². The average Bonchev–Trinajstić information content (AvgIpc) is 2.74. The van der Waals surface area contributed by atoms with Gasteiger partial charge >= 0.3 is 0 Å². The molecule has 0 aromatic carbocycles. The van der Waals surface area contributed by atoms with Crippen molar-refractivity contribution in [1.82, 2.24) is 10.6 Å². The number of carbonyl (C=O) groups is 1. The van der Waals surface area contributed by atoms with Gasteiger partial charge in [-0.2, -0.15) is 0 Å². The van der Waals surface area contributed by atoms with Crippen molar-refractivity contribution in [3.8, 4) is 0 Å². The van der Waals surface area contributed by atoms with Crippen LogP contribution in [0, 0.1) is 0 Å². The summed E-state index contributed by atoms with van der Waals surface area (Å²) in [5, 5.41) is 14.5. The van der Waals surface area contributed by atoms with Crippen molar-refractivity contribution in [2.24, 2.45) is 0 Å². The number of hydrogen-bond acceptors (Lipinski definition) is 4. The molecule has 90 valence electrons. The third-order valence-electron chi connectivity index (χ3n) is 2.03. The third-order valence-corrected chi connectivity index (χ3v) is 2.03. The number of hydrogen-bond donors (Lipinski definition) is 3. The van der Waals surface area contributed by atoms with E-state index in [2.05, 4.69) is 10.6 Å². The van der Waals surface area contributed by atoms with E-state index in [1.807, 2.05) is 6.92 Å². The number of carbonyl (C=O) groups excluding carboxylic acids is 1. The monoisotopic (exact) mass is 226 g/mol. The lowest BCUT2D eigenvalue weighted by molar-refractivity contribution is -0.120. The van der Waals surface area contributed by atoms with Gasteiger partial charge in [-0.3, -0.25) is 4.79 Å². The summed E-state index contributed by atoms with van der Waals surface area (Å²) in [6, 6.07) is 3.50. The normalized spacial score (nSPS) is 10.4. The molecule has 0 aliphatic heterocycles. The Bertz CT molecular complexity index is 323. The van der Waals surface area contributed by atoms with Crippen molar-refractivity contribution >= 4 is 5.91 Å². The van der Waals surface area contributed by atoms with Gasteiger partial charge in [0.1, 0.15) is 18.1 Å². The van der Waals surface area contributed by atoms with E-state index in [9.17, 15) is 4.79 Å². The van der Waals surface area contributed by atoms with E-state index >= 15 is 0 Å². The largest absolute Gasteiger partial charge is 0.462 e. The second-order valence-corrected chi connectivity index (χ2v) is 3.48. The van der Waals surface area contributed by atoms with Crippen LogP contribution < -0.4 is 10.6 Å². The first-order chi connectivity index (χ1) is 7.76. The molecule has 1 rings (SSSR count). The molecule has 0 bridgehead atoms.